The van der Waals surface area contributed by atoms with Crippen LogP contribution >= 0.6 is 0 Å². The highest BCUT2D eigenvalue weighted by Gasteiger charge is 2.30. The van der Waals surface area contributed by atoms with Crippen molar-refractivity contribution in [1.29, 1.82) is 0 Å². The van der Waals surface area contributed by atoms with Crippen LogP contribution in [0.4, 0.5) is 5.69 Å². The molecule has 1 aromatic heterocycles. The van der Waals surface area contributed by atoms with Crippen LogP contribution in [0, 0.1) is 5.92 Å². The third-order valence-corrected chi connectivity index (χ3v) is 4.96. The fourth-order valence-electron chi connectivity index (χ4n) is 3.47. The average Bonchev–Trinajstić information content (AvgIpc) is 2.94. The van der Waals surface area contributed by atoms with E-state index in [2.05, 4.69) is 15.6 Å². The molecule has 2 amide bonds. The number of benzene rings is 1. The van der Waals surface area contributed by atoms with Crippen LogP contribution in [0.5, 0.6) is 0 Å². The quantitative estimate of drug-likeness (QED) is 0.690. The molecule has 0 bridgehead atoms. The molecule has 7 heteroatoms. The Kier molecular flexibility index (Phi) is 6.37. The summed E-state index contributed by atoms with van der Waals surface area (Å²) in [6.45, 7) is 0. The summed E-state index contributed by atoms with van der Waals surface area (Å²) in [7, 11) is 0. The number of aliphatic carboxylic acids is 1. The van der Waals surface area contributed by atoms with Gasteiger partial charge in [0.15, 0.2) is 0 Å². The Labute approximate surface area is 163 Å². The van der Waals surface area contributed by atoms with E-state index in [0.29, 0.717) is 29.7 Å². The van der Waals surface area contributed by atoms with Crippen LogP contribution in [0.15, 0.2) is 48.8 Å². The molecular formula is C21H23N3O4. The predicted octanol–water partition coefficient (Wildman–Crippen LogP) is 3.10. The maximum Gasteiger partial charge on any atom is 0.308 e. The third kappa shape index (κ3) is 4.94. The number of pyridine rings is 1. The van der Waals surface area contributed by atoms with Gasteiger partial charge in [-0.1, -0.05) is 25.3 Å². The van der Waals surface area contributed by atoms with Gasteiger partial charge in [0.2, 0.25) is 0 Å². The zero-order valence-corrected chi connectivity index (χ0v) is 15.4. The Hall–Kier alpha value is -3.22. The lowest BCUT2D eigenvalue weighted by molar-refractivity contribution is -0.142. The third-order valence-electron chi connectivity index (χ3n) is 4.96. The Morgan fingerprint density at radius 1 is 0.964 bits per heavy atom. The van der Waals surface area contributed by atoms with Crippen molar-refractivity contribution in [2.24, 2.45) is 5.92 Å². The zero-order chi connectivity index (χ0) is 19.9. The van der Waals surface area contributed by atoms with Gasteiger partial charge < -0.3 is 15.7 Å². The fraction of sp³-hybridized carbons (Fsp3) is 0.333. The van der Waals surface area contributed by atoms with Gasteiger partial charge in [-0.15, -0.1) is 0 Å². The minimum Gasteiger partial charge on any atom is -0.481 e. The van der Waals surface area contributed by atoms with Gasteiger partial charge in [0.05, 0.1) is 11.5 Å². The van der Waals surface area contributed by atoms with E-state index in [-0.39, 0.29) is 17.9 Å². The summed E-state index contributed by atoms with van der Waals surface area (Å²) in [5.41, 5.74) is 1.27. The highest BCUT2D eigenvalue weighted by molar-refractivity contribution is 6.05. The van der Waals surface area contributed by atoms with E-state index >= 15 is 0 Å². The van der Waals surface area contributed by atoms with E-state index in [1.807, 2.05) is 0 Å². The first-order valence-corrected chi connectivity index (χ1v) is 9.39. The van der Waals surface area contributed by atoms with Crippen molar-refractivity contribution in [3.8, 4) is 0 Å². The summed E-state index contributed by atoms with van der Waals surface area (Å²) in [6.07, 6.45) is 7.01. The van der Waals surface area contributed by atoms with Crippen LogP contribution in [0.2, 0.25) is 0 Å². The molecule has 3 rings (SSSR count). The van der Waals surface area contributed by atoms with E-state index in [9.17, 15) is 19.5 Å². The maximum atomic E-state index is 12.7. The maximum absolute atomic E-state index is 12.7. The Morgan fingerprint density at radius 3 is 2.50 bits per heavy atom. The zero-order valence-electron chi connectivity index (χ0n) is 15.4. The van der Waals surface area contributed by atoms with E-state index < -0.39 is 11.9 Å². The summed E-state index contributed by atoms with van der Waals surface area (Å²) >= 11 is 0. The smallest absolute Gasteiger partial charge is 0.308 e. The minimum atomic E-state index is -0.871. The van der Waals surface area contributed by atoms with Crippen molar-refractivity contribution < 1.29 is 19.5 Å². The van der Waals surface area contributed by atoms with E-state index in [0.717, 1.165) is 19.3 Å². The first-order valence-electron chi connectivity index (χ1n) is 9.39. The number of carbonyl (C=O) groups excluding carboxylic acids is 2. The summed E-state index contributed by atoms with van der Waals surface area (Å²) in [4.78, 5) is 40.4. The van der Waals surface area contributed by atoms with Crippen molar-refractivity contribution in [2.75, 3.05) is 5.32 Å². The number of nitrogens with one attached hydrogen (secondary N) is 2. The molecule has 0 aliphatic heterocycles. The lowest BCUT2D eigenvalue weighted by Gasteiger charge is -2.23. The van der Waals surface area contributed by atoms with Gasteiger partial charge in [-0.2, -0.15) is 0 Å². The lowest BCUT2D eigenvalue weighted by Crippen LogP contribution is -2.42. The molecule has 0 saturated heterocycles. The van der Waals surface area contributed by atoms with Crippen LogP contribution < -0.4 is 10.6 Å². The fourth-order valence-corrected chi connectivity index (χ4v) is 3.47. The molecule has 1 fully saturated rings. The van der Waals surface area contributed by atoms with Gasteiger partial charge in [0.25, 0.3) is 11.8 Å². The second-order valence-electron chi connectivity index (χ2n) is 6.94. The molecule has 1 saturated carbocycles. The van der Waals surface area contributed by atoms with Crippen molar-refractivity contribution in [3.05, 3.63) is 59.9 Å². The van der Waals surface area contributed by atoms with Gasteiger partial charge in [-0.25, -0.2) is 0 Å². The number of hydrogen-bond acceptors (Lipinski definition) is 4. The monoisotopic (exact) mass is 381 g/mol. The van der Waals surface area contributed by atoms with E-state index in [1.54, 1.807) is 42.6 Å². The number of carbonyl (C=O) groups is 3. The first-order chi connectivity index (χ1) is 13.5. The lowest BCUT2D eigenvalue weighted by atomic mass is 9.94. The van der Waals surface area contributed by atoms with Gasteiger partial charge in [0.1, 0.15) is 0 Å². The SMILES string of the molecule is O=C(Nc1cccc(C(=O)N[C@H]2CCCCC[C@H]2C(=O)O)c1)c1cccnc1. The number of nitrogens with zero attached hydrogens (tertiary/aromatic N) is 1. The van der Waals surface area contributed by atoms with Crippen molar-refractivity contribution >= 4 is 23.5 Å². The first kappa shape index (κ1) is 19.5. The molecule has 0 spiro atoms. The number of carboxylic acid groups (broad SMARTS) is 1. The molecule has 28 heavy (non-hydrogen) atoms. The molecule has 3 N–H and O–H groups in total. The molecular weight excluding hydrogens is 358 g/mol. The summed E-state index contributed by atoms with van der Waals surface area (Å²) in [5, 5.41) is 15.1. The molecule has 1 aliphatic carbocycles. The van der Waals surface area contributed by atoms with Crippen LogP contribution in [0.3, 0.4) is 0 Å². The molecule has 146 valence electrons. The highest BCUT2D eigenvalue weighted by Crippen LogP contribution is 2.24. The Balaban J connectivity index is 1.69. The predicted molar refractivity (Wildman–Crippen MR) is 104 cm³/mol. The number of amides is 2. The molecule has 7 nitrogen and oxygen atoms in total. The van der Waals surface area contributed by atoms with Gasteiger partial charge >= 0.3 is 5.97 Å². The summed E-state index contributed by atoms with van der Waals surface area (Å²) in [6, 6.07) is 9.52. The Morgan fingerprint density at radius 2 is 1.75 bits per heavy atom. The minimum absolute atomic E-state index is 0.319. The second-order valence-corrected chi connectivity index (χ2v) is 6.94. The molecule has 2 atom stereocenters. The number of rotatable bonds is 5. The molecule has 0 radical (unpaired) electrons. The highest BCUT2D eigenvalue weighted by atomic mass is 16.4. The van der Waals surface area contributed by atoms with E-state index in [1.165, 1.54) is 6.20 Å². The van der Waals surface area contributed by atoms with Crippen molar-refractivity contribution in [3.63, 3.8) is 0 Å². The molecule has 1 aromatic carbocycles. The summed E-state index contributed by atoms with van der Waals surface area (Å²) < 4.78 is 0. The summed E-state index contributed by atoms with van der Waals surface area (Å²) in [5.74, 6) is -2.10. The second kappa shape index (κ2) is 9.12. The van der Waals surface area contributed by atoms with Gasteiger partial charge in [-0.05, 0) is 43.2 Å². The average molecular weight is 381 g/mol. The number of carboxylic acids is 1. The number of anilines is 1. The van der Waals surface area contributed by atoms with Crippen LogP contribution in [0.1, 0.15) is 52.8 Å². The number of hydrogen-bond donors (Lipinski definition) is 3. The molecule has 2 aromatic rings. The number of aromatic nitrogens is 1. The molecule has 1 aliphatic rings. The molecule has 1 heterocycles. The van der Waals surface area contributed by atoms with Crippen LogP contribution in [0.25, 0.3) is 0 Å². The van der Waals surface area contributed by atoms with Gasteiger partial charge in [0, 0.05) is 29.7 Å². The Bertz CT molecular complexity index is 854. The van der Waals surface area contributed by atoms with Crippen LogP contribution in [-0.2, 0) is 4.79 Å². The standard InChI is InChI=1S/C21H23N3O4/c25-19(24-18-10-3-1-2-9-17(18)21(27)28)14-6-4-8-16(12-14)23-20(26)15-7-5-11-22-13-15/h4-8,11-13,17-18H,1-3,9-10H2,(H,23,26)(H,24,25)(H,27,28)/t17-,18+/m1/s1. The topological polar surface area (TPSA) is 108 Å². The van der Waals surface area contributed by atoms with Crippen molar-refractivity contribution in [1.82, 2.24) is 10.3 Å². The normalized spacial score (nSPS) is 19.3. The molecule has 0 unspecified atom stereocenters. The van der Waals surface area contributed by atoms with Crippen molar-refractivity contribution in [2.45, 2.75) is 38.1 Å². The van der Waals surface area contributed by atoms with E-state index in [4.69, 9.17) is 0 Å². The largest absolute Gasteiger partial charge is 0.481 e. The van der Waals surface area contributed by atoms with Crippen LogP contribution in [-0.4, -0.2) is 33.9 Å². The van der Waals surface area contributed by atoms with Gasteiger partial charge in [-0.3, -0.25) is 19.4 Å².